The molecule has 1 aliphatic rings. The maximum Gasteiger partial charge on any atom is 0.321 e. The molecule has 1 fully saturated rings. The Morgan fingerprint density at radius 1 is 1.22 bits per heavy atom. The molecule has 27 heavy (non-hydrogen) atoms. The minimum Gasteiger partial charge on any atom is -0.338 e. The van der Waals surface area contributed by atoms with Crippen molar-refractivity contribution in [2.75, 3.05) is 31.5 Å². The second kappa shape index (κ2) is 8.71. The van der Waals surface area contributed by atoms with Gasteiger partial charge in [0.05, 0.1) is 6.04 Å². The molecule has 3 rings (SSSR count). The zero-order chi connectivity index (χ0) is 19.4. The fraction of sp³-hybridized carbons (Fsp3) is 0.526. The molecule has 1 aromatic heterocycles. The minimum absolute atomic E-state index is 0.0286. The first-order valence-electron chi connectivity index (χ1n) is 9.33. The molecule has 0 bridgehead atoms. The van der Waals surface area contributed by atoms with Gasteiger partial charge in [-0.25, -0.2) is 4.79 Å². The SMILES string of the molecule is CC(C)c1noc([C@@H](C)N2CCCN(C(=O)Nc3cccc(Cl)c3)CC2)n1. The summed E-state index contributed by atoms with van der Waals surface area (Å²) < 4.78 is 5.44. The summed E-state index contributed by atoms with van der Waals surface area (Å²) in [5.41, 5.74) is 0.703. The van der Waals surface area contributed by atoms with E-state index in [-0.39, 0.29) is 18.0 Å². The molecule has 0 spiro atoms. The van der Waals surface area contributed by atoms with Crippen molar-refractivity contribution in [1.29, 1.82) is 0 Å². The van der Waals surface area contributed by atoms with Crippen LogP contribution in [-0.2, 0) is 0 Å². The van der Waals surface area contributed by atoms with Crippen molar-refractivity contribution >= 4 is 23.3 Å². The number of nitrogens with one attached hydrogen (secondary N) is 1. The van der Waals surface area contributed by atoms with Crippen LogP contribution >= 0.6 is 11.6 Å². The number of nitrogens with zero attached hydrogens (tertiary/aromatic N) is 4. The van der Waals surface area contributed by atoms with Gasteiger partial charge in [-0.3, -0.25) is 4.90 Å². The van der Waals surface area contributed by atoms with Crippen LogP contribution in [0.5, 0.6) is 0 Å². The molecule has 0 saturated carbocycles. The maximum atomic E-state index is 12.6. The molecule has 0 radical (unpaired) electrons. The van der Waals surface area contributed by atoms with E-state index in [4.69, 9.17) is 16.1 Å². The molecule has 146 valence electrons. The van der Waals surface area contributed by atoms with Crippen LogP contribution in [0.15, 0.2) is 28.8 Å². The van der Waals surface area contributed by atoms with Crippen LogP contribution in [0.1, 0.15) is 50.9 Å². The first kappa shape index (κ1) is 19.6. The highest BCUT2D eigenvalue weighted by atomic mass is 35.5. The number of hydrogen-bond acceptors (Lipinski definition) is 5. The van der Waals surface area contributed by atoms with E-state index in [1.165, 1.54) is 0 Å². The number of amides is 2. The van der Waals surface area contributed by atoms with Crippen LogP contribution in [0.3, 0.4) is 0 Å². The summed E-state index contributed by atoms with van der Waals surface area (Å²) in [4.78, 5) is 21.2. The molecule has 2 aromatic rings. The van der Waals surface area contributed by atoms with Crippen LogP contribution in [-0.4, -0.2) is 52.2 Å². The van der Waals surface area contributed by atoms with Gasteiger partial charge in [0.25, 0.3) is 0 Å². The van der Waals surface area contributed by atoms with Crippen molar-refractivity contribution in [1.82, 2.24) is 19.9 Å². The summed E-state index contributed by atoms with van der Waals surface area (Å²) in [6, 6.07) is 7.10. The minimum atomic E-state index is -0.105. The van der Waals surface area contributed by atoms with Crippen molar-refractivity contribution in [2.45, 2.75) is 39.2 Å². The van der Waals surface area contributed by atoms with E-state index >= 15 is 0 Å². The molecule has 7 nitrogen and oxygen atoms in total. The first-order chi connectivity index (χ1) is 12.9. The molecule has 1 atom stereocenters. The van der Waals surface area contributed by atoms with Crippen LogP contribution in [0.25, 0.3) is 0 Å². The molecule has 1 saturated heterocycles. The molecule has 8 heteroatoms. The largest absolute Gasteiger partial charge is 0.338 e. The van der Waals surface area contributed by atoms with Crippen molar-refractivity contribution in [3.8, 4) is 0 Å². The van der Waals surface area contributed by atoms with Gasteiger partial charge in [0.15, 0.2) is 5.82 Å². The Balaban J connectivity index is 1.58. The molecular formula is C19H26ClN5O2. The Hall–Kier alpha value is -2.12. The average Bonchev–Trinajstić information content (AvgIpc) is 2.99. The molecular weight excluding hydrogens is 366 g/mol. The van der Waals surface area contributed by atoms with E-state index in [0.29, 0.717) is 29.7 Å². The van der Waals surface area contributed by atoms with Gasteiger partial charge in [0, 0.05) is 42.8 Å². The molecule has 0 unspecified atom stereocenters. The summed E-state index contributed by atoms with van der Waals surface area (Å²) in [5.74, 6) is 1.61. The number of carbonyl (C=O) groups excluding carboxylic acids is 1. The third-order valence-corrected chi connectivity index (χ3v) is 5.01. The number of anilines is 1. The van der Waals surface area contributed by atoms with Gasteiger partial charge >= 0.3 is 6.03 Å². The molecule has 2 amide bonds. The Kier molecular flexibility index (Phi) is 6.34. The van der Waals surface area contributed by atoms with E-state index < -0.39 is 0 Å². The Bertz CT molecular complexity index is 779. The zero-order valence-corrected chi connectivity index (χ0v) is 16.7. The lowest BCUT2D eigenvalue weighted by molar-refractivity contribution is 0.176. The van der Waals surface area contributed by atoms with Gasteiger partial charge in [-0.2, -0.15) is 4.98 Å². The zero-order valence-electron chi connectivity index (χ0n) is 16.0. The number of aromatic nitrogens is 2. The predicted octanol–water partition coefficient (Wildman–Crippen LogP) is 4.15. The number of halogens is 1. The predicted molar refractivity (Wildman–Crippen MR) is 105 cm³/mol. The van der Waals surface area contributed by atoms with Crippen molar-refractivity contribution in [3.05, 3.63) is 41.0 Å². The molecule has 0 aliphatic carbocycles. The fourth-order valence-corrected chi connectivity index (χ4v) is 3.29. The second-order valence-corrected chi connectivity index (χ2v) is 7.57. The van der Waals surface area contributed by atoms with E-state index in [1.807, 2.05) is 30.9 Å². The molecule has 2 heterocycles. The molecule has 1 aliphatic heterocycles. The van der Waals surface area contributed by atoms with Crippen molar-refractivity contribution in [3.63, 3.8) is 0 Å². The van der Waals surface area contributed by atoms with Crippen LogP contribution in [0.2, 0.25) is 5.02 Å². The normalized spacial score (nSPS) is 17.0. The highest BCUT2D eigenvalue weighted by molar-refractivity contribution is 6.30. The Morgan fingerprint density at radius 3 is 2.74 bits per heavy atom. The lowest BCUT2D eigenvalue weighted by Crippen LogP contribution is -2.38. The van der Waals surface area contributed by atoms with Gasteiger partial charge in [-0.1, -0.05) is 36.7 Å². The van der Waals surface area contributed by atoms with E-state index in [0.717, 1.165) is 25.3 Å². The lowest BCUT2D eigenvalue weighted by Gasteiger charge is -2.25. The van der Waals surface area contributed by atoms with E-state index in [9.17, 15) is 4.79 Å². The van der Waals surface area contributed by atoms with Crippen LogP contribution in [0.4, 0.5) is 10.5 Å². The number of rotatable bonds is 4. The van der Waals surface area contributed by atoms with E-state index in [1.54, 1.807) is 12.1 Å². The van der Waals surface area contributed by atoms with Gasteiger partial charge in [-0.15, -0.1) is 0 Å². The molecule has 1 aromatic carbocycles. The lowest BCUT2D eigenvalue weighted by atomic mass is 10.2. The van der Waals surface area contributed by atoms with E-state index in [2.05, 4.69) is 27.3 Å². The number of carbonyl (C=O) groups is 1. The highest BCUT2D eigenvalue weighted by Crippen LogP contribution is 2.22. The second-order valence-electron chi connectivity index (χ2n) is 7.14. The average molecular weight is 392 g/mol. The number of benzene rings is 1. The Labute approximate surface area is 164 Å². The number of urea groups is 1. The van der Waals surface area contributed by atoms with Gasteiger partial charge in [-0.05, 0) is 31.5 Å². The van der Waals surface area contributed by atoms with Gasteiger partial charge in [0.1, 0.15) is 0 Å². The quantitative estimate of drug-likeness (QED) is 0.847. The summed E-state index contributed by atoms with van der Waals surface area (Å²) in [6.07, 6.45) is 0.887. The summed E-state index contributed by atoms with van der Waals surface area (Å²) in [7, 11) is 0. The van der Waals surface area contributed by atoms with Gasteiger partial charge < -0.3 is 14.7 Å². The smallest absolute Gasteiger partial charge is 0.321 e. The summed E-state index contributed by atoms with van der Waals surface area (Å²) in [5, 5.41) is 7.57. The first-order valence-corrected chi connectivity index (χ1v) is 9.71. The Morgan fingerprint density at radius 2 is 2.04 bits per heavy atom. The van der Waals surface area contributed by atoms with Crippen LogP contribution < -0.4 is 5.32 Å². The summed E-state index contributed by atoms with van der Waals surface area (Å²) >= 11 is 5.98. The van der Waals surface area contributed by atoms with Crippen molar-refractivity contribution in [2.24, 2.45) is 0 Å². The third-order valence-electron chi connectivity index (χ3n) is 4.77. The number of hydrogen-bond donors (Lipinski definition) is 1. The monoisotopic (exact) mass is 391 g/mol. The topological polar surface area (TPSA) is 74.5 Å². The van der Waals surface area contributed by atoms with Crippen molar-refractivity contribution < 1.29 is 9.32 Å². The maximum absolute atomic E-state index is 12.6. The highest BCUT2D eigenvalue weighted by Gasteiger charge is 2.26. The third kappa shape index (κ3) is 4.99. The van der Waals surface area contributed by atoms with Gasteiger partial charge in [0.2, 0.25) is 5.89 Å². The summed E-state index contributed by atoms with van der Waals surface area (Å²) in [6.45, 7) is 9.13. The molecule has 1 N–H and O–H groups in total. The van der Waals surface area contributed by atoms with Crippen LogP contribution in [0, 0.1) is 0 Å². The fourth-order valence-electron chi connectivity index (χ4n) is 3.10. The standard InChI is InChI=1S/C19H26ClN5O2/c1-13(2)17-22-18(27-23-17)14(3)24-8-5-9-25(11-10-24)19(26)21-16-7-4-6-15(20)12-16/h4,6-7,12-14H,5,8-11H2,1-3H3,(H,21,26)/t14-/m1/s1.